The number of rotatable bonds is 10. The summed E-state index contributed by atoms with van der Waals surface area (Å²) in [5, 5.41) is 0. The Morgan fingerprint density at radius 3 is 2.57 bits per heavy atom. The Morgan fingerprint density at radius 2 is 1.91 bits per heavy atom. The highest BCUT2D eigenvalue weighted by molar-refractivity contribution is 5.73. The normalized spacial score (nSPS) is 19.4. The topological polar surface area (TPSA) is 61.6 Å². The van der Waals surface area contributed by atoms with Crippen LogP contribution in [0.2, 0.25) is 0 Å². The van der Waals surface area contributed by atoms with Gasteiger partial charge in [0.2, 0.25) is 5.89 Å². The lowest BCUT2D eigenvalue weighted by atomic mass is 9.81. The molecule has 0 amide bonds. The van der Waals surface area contributed by atoms with Crippen LogP contribution in [0.25, 0.3) is 11.5 Å². The average Bonchev–Trinajstić information content (AvgIpc) is 3.15. The first-order valence-corrected chi connectivity index (χ1v) is 13.0. The number of carbonyl (C=O) groups is 1. The van der Waals surface area contributed by atoms with E-state index < -0.39 is 5.60 Å². The highest BCUT2D eigenvalue weighted by atomic mass is 16.6. The maximum Gasteiger partial charge on any atom is 0.309 e. The lowest BCUT2D eigenvalue weighted by Crippen LogP contribution is -2.30. The molecule has 1 aliphatic carbocycles. The number of hydrogen-bond acceptors (Lipinski definition) is 5. The first kappa shape index (κ1) is 27.2. The van der Waals surface area contributed by atoms with Gasteiger partial charge in [-0.25, -0.2) is 4.98 Å². The van der Waals surface area contributed by atoms with Gasteiger partial charge in [-0.2, -0.15) is 0 Å². The quantitative estimate of drug-likeness (QED) is 0.256. The minimum Gasteiger partial charge on any atom is -0.460 e. The van der Waals surface area contributed by atoms with Gasteiger partial charge in [0.15, 0.2) is 0 Å². The maximum absolute atomic E-state index is 12.7. The van der Waals surface area contributed by atoms with Crippen molar-refractivity contribution in [1.29, 1.82) is 0 Å². The van der Waals surface area contributed by atoms with Gasteiger partial charge in [0.05, 0.1) is 18.6 Å². The zero-order valence-corrected chi connectivity index (χ0v) is 22.5. The number of oxazole rings is 1. The Balaban J connectivity index is 1.52. The summed E-state index contributed by atoms with van der Waals surface area (Å²) in [5.41, 5.74) is 3.63. The SMILES string of the molecule is C=C(C)CC(CCC1CCCC(OCc2nc(-c3ccc(C)cc3)oc2C)C1)C(=O)OC(C)(C)C. The number of esters is 1. The third-order valence-electron chi connectivity index (χ3n) is 6.64. The lowest BCUT2D eigenvalue weighted by Gasteiger charge is -2.30. The van der Waals surface area contributed by atoms with Gasteiger partial charge in [0, 0.05) is 5.56 Å². The predicted molar refractivity (Wildman–Crippen MR) is 140 cm³/mol. The van der Waals surface area contributed by atoms with E-state index in [1.165, 1.54) is 12.0 Å². The summed E-state index contributed by atoms with van der Waals surface area (Å²) in [4.78, 5) is 17.4. The molecule has 0 spiro atoms. The largest absolute Gasteiger partial charge is 0.460 e. The number of aryl methyl sites for hydroxylation is 2. The van der Waals surface area contributed by atoms with E-state index in [0.29, 0.717) is 24.8 Å². The van der Waals surface area contributed by atoms with Crippen molar-refractivity contribution in [2.45, 2.75) is 105 Å². The molecule has 0 N–H and O–H groups in total. The predicted octanol–water partition coefficient (Wildman–Crippen LogP) is 7.74. The Kier molecular flexibility index (Phi) is 9.34. The zero-order chi connectivity index (χ0) is 25.6. The summed E-state index contributed by atoms with van der Waals surface area (Å²) >= 11 is 0. The average molecular weight is 482 g/mol. The number of aromatic nitrogens is 1. The lowest BCUT2D eigenvalue weighted by molar-refractivity contribution is -0.160. The molecule has 1 aliphatic rings. The summed E-state index contributed by atoms with van der Waals surface area (Å²) in [5.74, 6) is 1.80. The van der Waals surface area contributed by atoms with Crippen LogP contribution < -0.4 is 0 Å². The van der Waals surface area contributed by atoms with Crippen molar-refractivity contribution < 1.29 is 18.7 Å². The Labute approximate surface area is 211 Å². The maximum atomic E-state index is 12.7. The molecule has 35 heavy (non-hydrogen) atoms. The third kappa shape index (κ3) is 8.64. The van der Waals surface area contributed by atoms with Crippen molar-refractivity contribution >= 4 is 5.97 Å². The van der Waals surface area contributed by atoms with Gasteiger partial charge in [-0.1, -0.05) is 36.1 Å². The molecule has 192 valence electrons. The van der Waals surface area contributed by atoms with Crippen molar-refractivity contribution in [3.8, 4) is 11.5 Å². The van der Waals surface area contributed by atoms with E-state index in [9.17, 15) is 4.79 Å². The molecule has 5 nitrogen and oxygen atoms in total. The van der Waals surface area contributed by atoms with Crippen LogP contribution in [0.5, 0.6) is 0 Å². The summed E-state index contributed by atoms with van der Waals surface area (Å²) in [6.45, 7) is 16.3. The van der Waals surface area contributed by atoms with Gasteiger partial charge in [-0.3, -0.25) is 4.79 Å². The van der Waals surface area contributed by atoms with Gasteiger partial charge in [0.25, 0.3) is 0 Å². The van der Waals surface area contributed by atoms with E-state index in [1.807, 2.05) is 46.8 Å². The molecule has 2 aromatic rings. The van der Waals surface area contributed by atoms with E-state index in [0.717, 1.165) is 54.7 Å². The standard InChI is InChI=1S/C30H43NO4/c1-20(2)17-25(29(32)35-30(5,6)7)16-13-23-9-8-10-26(18-23)33-19-27-22(4)34-28(31-27)24-14-11-21(3)12-15-24/h11-12,14-15,23,25-26H,1,8-10,13,16-19H2,2-7H3. The summed E-state index contributed by atoms with van der Waals surface area (Å²) < 4.78 is 17.9. The van der Waals surface area contributed by atoms with Crippen LogP contribution in [0.1, 0.15) is 89.7 Å². The van der Waals surface area contributed by atoms with Crippen molar-refractivity contribution in [1.82, 2.24) is 4.98 Å². The van der Waals surface area contributed by atoms with E-state index >= 15 is 0 Å². The number of allylic oxidation sites excluding steroid dienone is 1. The van der Waals surface area contributed by atoms with Crippen LogP contribution in [0, 0.1) is 25.7 Å². The van der Waals surface area contributed by atoms with Gasteiger partial charge < -0.3 is 13.9 Å². The number of hydrogen-bond donors (Lipinski definition) is 0. The van der Waals surface area contributed by atoms with Crippen molar-refractivity contribution in [3.05, 3.63) is 53.4 Å². The van der Waals surface area contributed by atoms with Gasteiger partial charge in [-0.05, 0) is 91.7 Å². The molecule has 0 saturated heterocycles. The Bertz CT molecular complexity index is 983. The molecule has 3 unspecified atom stereocenters. The van der Waals surface area contributed by atoms with Crippen molar-refractivity contribution in [2.75, 3.05) is 0 Å². The van der Waals surface area contributed by atoms with Crippen LogP contribution in [0.4, 0.5) is 0 Å². The summed E-state index contributed by atoms with van der Waals surface area (Å²) in [6.07, 6.45) is 7.19. The first-order valence-electron chi connectivity index (χ1n) is 13.0. The molecule has 1 aromatic heterocycles. The molecular weight excluding hydrogens is 438 g/mol. The smallest absolute Gasteiger partial charge is 0.309 e. The Hall–Kier alpha value is -2.40. The number of benzene rings is 1. The number of carbonyl (C=O) groups excluding carboxylic acids is 1. The number of nitrogens with zero attached hydrogens (tertiary/aromatic N) is 1. The van der Waals surface area contributed by atoms with Gasteiger partial charge >= 0.3 is 5.97 Å². The molecule has 0 aliphatic heterocycles. The molecule has 3 rings (SSSR count). The van der Waals surface area contributed by atoms with Crippen molar-refractivity contribution in [2.24, 2.45) is 11.8 Å². The highest BCUT2D eigenvalue weighted by Crippen LogP contribution is 2.33. The van der Waals surface area contributed by atoms with Crippen LogP contribution in [-0.4, -0.2) is 22.7 Å². The first-order chi connectivity index (χ1) is 16.5. The second-order valence-corrected chi connectivity index (χ2v) is 11.3. The fourth-order valence-electron chi connectivity index (χ4n) is 4.78. The van der Waals surface area contributed by atoms with Gasteiger partial charge in [0.1, 0.15) is 17.1 Å². The zero-order valence-electron chi connectivity index (χ0n) is 22.5. The second kappa shape index (κ2) is 12.0. The fourth-order valence-corrected chi connectivity index (χ4v) is 4.78. The minimum absolute atomic E-state index is 0.102. The molecule has 1 fully saturated rings. The van der Waals surface area contributed by atoms with Crippen LogP contribution in [0.15, 0.2) is 40.8 Å². The summed E-state index contributed by atoms with van der Waals surface area (Å²) in [7, 11) is 0. The second-order valence-electron chi connectivity index (χ2n) is 11.3. The van der Waals surface area contributed by atoms with E-state index in [-0.39, 0.29) is 18.0 Å². The van der Waals surface area contributed by atoms with Gasteiger partial charge in [-0.15, -0.1) is 6.58 Å². The van der Waals surface area contributed by atoms with Crippen LogP contribution >= 0.6 is 0 Å². The summed E-state index contributed by atoms with van der Waals surface area (Å²) in [6, 6.07) is 8.21. The Morgan fingerprint density at radius 1 is 1.20 bits per heavy atom. The molecule has 1 saturated carbocycles. The molecule has 3 atom stereocenters. The fraction of sp³-hybridized carbons (Fsp3) is 0.600. The van der Waals surface area contributed by atoms with Crippen molar-refractivity contribution in [3.63, 3.8) is 0 Å². The molecule has 5 heteroatoms. The van der Waals surface area contributed by atoms with E-state index in [4.69, 9.17) is 18.9 Å². The van der Waals surface area contributed by atoms with Crippen LogP contribution in [0.3, 0.4) is 0 Å². The molecule has 1 heterocycles. The molecular formula is C30H43NO4. The molecule has 0 radical (unpaired) electrons. The molecule has 0 bridgehead atoms. The molecule has 1 aromatic carbocycles. The monoisotopic (exact) mass is 481 g/mol. The minimum atomic E-state index is -0.466. The van der Waals surface area contributed by atoms with E-state index in [1.54, 1.807) is 0 Å². The highest BCUT2D eigenvalue weighted by Gasteiger charge is 2.28. The number of ether oxygens (including phenoxy) is 2. The van der Waals surface area contributed by atoms with Crippen LogP contribution in [-0.2, 0) is 20.9 Å². The third-order valence-corrected chi connectivity index (χ3v) is 6.64. The van der Waals surface area contributed by atoms with E-state index in [2.05, 4.69) is 25.6 Å².